The Morgan fingerprint density at radius 2 is 1.75 bits per heavy atom. The zero-order valence-corrected chi connectivity index (χ0v) is 12.8. The van der Waals surface area contributed by atoms with E-state index >= 15 is 0 Å². The second-order valence-corrected chi connectivity index (χ2v) is 5.05. The predicted molar refractivity (Wildman–Crippen MR) is 84.8 cm³/mol. The molecule has 0 bridgehead atoms. The molecule has 1 N–H and O–H groups in total. The molecule has 2 aromatic carbocycles. The molecule has 0 spiro atoms. The van der Waals surface area contributed by atoms with Crippen molar-refractivity contribution in [1.82, 2.24) is 0 Å². The van der Waals surface area contributed by atoms with E-state index in [0.29, 0.717) is 5.76 Å². The van der Waals surface area contributed by atoms with Crippen molar-refractivity contribution in [2.75, 3.05) is 7.11 Å². The standard InChI is InChI=1S/C18H14O6/c1-22-18(21)16-7-6-13(24-16)10-23-17(20)14-8-11-4-2-3-5-12(11)9-15(14)19/h2-9,19H,10H2,1H3. The summed E-state index contributed by atoms with van der Waals surface area (Å²) in [4.78, 5) is 23.5. The van der Waals surface area contributed by atoms with Crippen molar-refractivity contribution in [2.24, 2.45) is 0 Å². The summed E-state index contributed by atoms with van der Waals surface area (Å²) in [6.45, 7) is -0.165. The summed E-state index contributed by atoms with van der Waals surface area (Å²) < 4.78 is 14.9. The molecule has 0 radical (unpaired) electrons. The van der Waals surface area contributed by atoms with Gasteiger partial charge in [-0.15, -0.1) is 0 Å². The molecule has 122 valence electrons. The van der Waals surface area contributed by atoms with Crippen LogP contribution in [-0.2, 0) is 16.1 Å². The molecule has 0 fully saturated rings. The minimum absolute atomic E-state index is 0.0251. The van der Waals surface area contributed by atoms with Crippen LogP contribution in [0.3, 0.4) is 0 Å². The Hall–Kier alpha value is -3.28. The first kappa shape index (κ1) is 15.6. The van der Waals surface area contributed by atoms with Gasteiger partial charge in [-0.3, -0.25) is 0 Å². The second-order valence-electron chi connectivity index (χ2n) is 5.05. The van der Waals surface area contributed by atoms with Crippen LogP contribution in [0.4, 0.5) is 0 Å². The molecular weight excluding hydrogens is 312 g/mol. The van der Waals surface area contributed by atoms with E-state index in [0.717, 1.165) is 10.8 Å². The molecule has 0 atom stereocenters. The molecule has 0 amide bonds. The Balaban J connectivity index is 1.74. The van der Waals surface area contributed by atoms with Gasteiger partial charge >= 0.3 is 11.9 Å². The van der Waals surface area contributed by atoms with Crippen molar-refractivity contribution < 1.29 is 28.6 Å². The van der Waals surface area contributed by atoms with E-state index < -0.39 is 11.9 Å². The molecule has 1 heterocycles. The topological polar surface area (TPSA) is 86.0 Å². The summed E-state index contributed by atoms with van der Waals surface area (Å²) in [6.07, 6.45) is 0. The number of rotatable bonds is 4. The highest BCUT2D eigenvalue weighted by molar-refractivity contribution is 5.98. The first-order valence-electron chi connectivity index (χ1n) is 7.14. The normalized spacial score (nSPS) is 10.5. The van der Waals surface area contributed by atoms with Gasteiger partial charge < -0.3 is 19.0 Å². The van der Waals surface area contributed by atoms with Gasteiger partial charge in [-0.25, -0.2) is 9.59 Å². The molecule has 6 nitrogen and oxygen atoms in total. The number of hydrogen-bond donors (Lipinski definition) is 1. The average molecular weight is 326 g/mol. The first-order chi connectivity index (χ1) is 11.6. The minimum atomic E-state index is -0.686. The van der Waals surface area contributed by atoms with Crippen LogP contribution in [0.15, 0.2) is 52.9 Å². The minimum Gasteiger partial charge on any atom is -0.507 e. The summed E-state index contributed by atoms with van der Waals surface area (Å²) >= 11 is 0. The van der Waals surface area contributed by atoms with Crippen LogP contribution >= 0.6 is 0 Å². The number of aromatic hydroxyl groups is 1. The molecular formula is C18H14O6. The van der Waals surface area contributed by atoms with Crippen molar-refractivity contribution in [1.29, 1.82) is 0 Å². The Bertz CT molecular complexity index is 909. The Morgan fingerprint density at radius 1 is 1.04 bits per heavy atom. The highest BCUT2D eigenvalue weighted by atomic mass is 16.6. The maximum atomic E-state index is 12.2. The predicted octanol–water partition coefficient (Wildman–Crippen LogP) is 3.28. The van der Waals surface area contributed by atoms with E-state index in [1.165, 1.54) is 25.3 Å². The van der Waals surface area contributed by atoms with Crippen LogP contribution in [0.5, 0.6) is 5.75 Å². The molecule has 3 aromatic rings. The summed E-state index contributed by atoms with van der Waals surface area (Å²) in [5.41, 5.74) is 0.0634. The van der Waals surface area contributed by atoms with Gasteiger partial charge in [-0.1, -0.05) is 24.3 Å². The molecule has 0 saturated heterocycles. The molecule has 0 unspecified atom stereocenters. The molecule has 0 aliphatic rings. The van der Waals surface area contributed by atoms with Crippen molar-refractivity contribution in [3.63, 3.8) is 0 Å². The van der Waals surface area contributed by atoms with Crippen LogP contribution in [0.25, 0.3) is 10.8 Å². The van der Waals surface area contributed by atoms with E-state index in [1.807, 2.05) is 24.3 Å². The molecule has 6 heteroatoms. The van der Waals surface area contributed by atoms with Crippen molar-refractivity contribution in [3.8, 4) is 5.75 Å². The summed E-state index contributed by atoms with van der Waals surface area (Å²) in [6, 6.07) is 13.4. The second kappa shape index (κ2) is 6.45. The lowest BCUT2D eigenvalue weighted by Crippen LogP contribution is -2.05. The number of esters is 2. The number of carbonyl (C=O) groups excluding carboxylic acids is 2. The number of carbonyl (C=O) groups is 2. The fourth-order valence-corrected chi connectivity index (χ4v) is 2.27. The number of phenolic OH excluding ortho intramolecular Hbond substituents is 1. The average Bonchev–Trinajstić information content (AvgIpc) is 3.07. The molecule has 0 aliphatic carbocycles. The third-order valence-electron chi connectivity index (χ3n) is 3.48. The molecule has 3 rings (SSSR count). The lowest BCUT2D eigenvalue weighted by molar-refractivity contribution is 0.0435. The SMILES string of the molecule is COC(=O)c1ccc(COC(=O)c2cc3ccccc3cc2O)o1. The van der Waals surface area contributed by atoms with Crippen LogP contribution in [-0.4, -0.2) is 24.2 Å². The van der Waals surface area contributed by atoms with E-state index in [9.17, 15) is 14.7 Å². The molecule has 1 aromatic heterocycles. The first-order valence-corrected chi connectivity index (χ1v) is 7.14. The largest absolute Gasteiger partial charge is 0.507 e. The van der Waals surface area contributed by atoms with Crippen molar-refractivity contribution >= 4 is 22.7 Å². The van der Waals surface area contributed by atoms with Gasteiger partial charge in [0.05, 0.1) is 7.11 Å². The zero-order valence-electron chi connectivity index (χ0n) is 12.8. The van der Waals surface area contributed by atoms with Gasteiger partial charge in [0.25, 0.3) is 0 Å². The molecule has 24 heavy (non-hydrogen) atoms. The maximum Gasteiger partial charge on any atom is 0.373 e. The third kappa shape index (κ3) is 3.08. The number of methoxy groups -OCH3 is 1. The van der Waals surface area contributed by atoms with Crippen LogP contribution in [0.1, 0.15) is 26.7 Å². The van der Waals surface area contributed by atoms with Gasteiger partial charge in [0.15, 0.2) is 0 Å². The smallest absolute Gasteiger partial charge is 0.373 e. The fourth-order valence-electron chi connectivity index (χ4n) is 2.27. The lowest BCUT2D eigenvalue weighted by Gasteiger charge is -2.07. The van der Waals surface area contributed by atoms with Crippen LogP contribution < -0.4 is 0 Å². The zero-order chi connectivity index (χ0) is 17.1. The molecule has 0 saturated carbocycles. The Labute approximate surface area is 137 Å². The van der Waals surface area contributed by atoms with Gasteiger partial charge in [0.1, 0.15) is 23.7 Å². The quantitative estimate of drug-likeness (QED) is 0.741. The van der Waals surface area contributed by atoms with Gasteiger partial charge in [0.2, 0.25) is 5.76 Å². The number of furan rings is 1. The Morgan fingerprint density at radius 3 is 2.46 bits per heavy atom. The summed E-state index contributed by atoms with van der Waals surface area (Å²) in [5.74, 6) is -1.14. The third-order valence-corrected chi connectivity index (χ3v) is 3.48. The van der Waals surface area contributed by atoms with E-state index in [1.54, 1.807) is 6.07 Å². The van der Waals surface area contributed by atoms with Gasteiger partial charge in [0, 0.05) is 0 Å². The summed E-state index contributed by atoms with van der Waals surface area (Å²) in [7, 11) is 1.24. The lowest BCUT2D eigenvalue weighted by atomic mass is 10.1. The number of fused-ring (bicyclic) bond motifs is 1. The van der Waals surface area contributed by atoms with E-state index in [4.69, 9.17) is 9.15 Å². The number of phenols is 1. The Kier molecular flexibility index (Phi) is 4.20. The summed E-state index contributed by atoms with van der Waals surface area (Å²) in [5, 5.41) is 11.6. The van der Waals surface area contributed by atoms with E-state index in [2.05, 4.69) is 4.74 Å². The van der Waals surface area contributed by atoms with Gasteiger partial charge in [-0.2, -0.15) is 0 Å². The van der Waals surface area contributed by atoms with Gasteiger partial charge in [-0.05, 0) is 35.0 Å². The maximum absolute atomic E-state index is 12.2. The highest BCUT2D eigenvalue weighted by Gasteiger charge is 2.16. The molecule has 0 aliphatic heterocycles. The monoisotopic (exact) mass is 326 g/mol. The number of ether oxygens (including phenoxy) is 2. The highest BCUT2D eigenvalue weighted by Crippen LogP contribution is 2.26. The van der Waals surface area contributed by atoms with Crippen LogP contribution in [0, 0.1) is 0 Å². The van der Waals surface area contributed by atoms with E-state index in [-0.39, 0.29) is 23.7 Å². The van der Waals surface area contributed by atoms with Crippen molar-refractivity contribution in [3.05, 3.63) is 65.6 Å². The number of hydrogen-bond acceptors (Lipinski definition) is 6. The van der Waals surface area contributed by atoms with Crippen LogP contribution in [0.2, 0.25) is 0 Å². The number of benzene rings is 2. The fraction of sp³-hybridized carbons (Fsp3) is 0.111. The van der Waals surface area contributed by atoms with Crippen molar-refractivity contribution in [2.45, 2.75) is 6.61 Å².